The molecule has 142 valence electrons. The lowest BCUT2D eigenvalue weighted by Crippen LogP contribution is -2.04. The lowest BCUT2D eigenvalue weighted by molar-refractivity contribution is -0.385. The van der Waals surface area contributed by atoms with E-state index in [0.29, 0.717) is 4.47 Å². The van der Waals surface area contributed by atoms with Gasteiger partial charge in [-0.05, 0) is 49.8 Å². The molecule has 0 spiro atoms. The maximum absolute atomic E-state index is 11.2. The molecule has 0 radical (unpaired) electrons. The molecule has 0 bridgehead atoms. The van der Waals surface area contributed by atoms with E-state index in [2.05, 4.69) is 64.5 Å². The van der Waals surface area contributed by atoms with Crippen LogP contribution in [0.3, 0.4) is 0 Å². The maximum Gasteiger partial charge on any atom is 0.283 e. The molecule has 0 saturated carbocycles. The van der Waals surface area contributed by atoms with E-state index in [4.69, 9.17) is 0 Å². The van der Waals surface area contributed by atoms with E-state index in [-0.39, 0.29) is 16.5 Å². The molecule has 4 aromatic rings. The molecule has 3 nitrogen and oxygen atoms in total. The normalized spacial score (nSPS) is 11.8. The fraction of sp³-hybridized carbons (Fsp3) is 0.0400. The summed E-state index contributed by atoms with van der Waals surface area (Å²) in [6.45, 7) is 0. The van der Waals surface area contributed by atoms with Crippen LogP contribution >= 0.6 is 15.9 Å². The molecule has 0 aliphatic heterocycles. The monoisotopic (exact) mass is 443 g/mol. The van der Waals surface area contributed by atoms with Crippen molar-refractivity contribution in [2.45, 2.75) is 5.92 Å². The van der Waals surface area contributed by atoms with Crippen LogP contribution in [-0.2, 0) is 0 Å². The Labute approximate surface area is 177 Å². The Hall–Kier alpha value is -3.24. The first-order valence-electron chi connectivity index (χ1n) is 9.27. The van der Waals surface area contributed by atoms with Crippen LogP contribution in [0.25, 0.3) is 11.1 Å². The van der Waals surface area contributed by atoms with Crippen molar-refractivity contribution in [1.29, 1.82) is 0 Å². The smallest absolute Gasteiger partial charge is 0.258 e. The van der Waals surface area contributed by atoms with Crippen LogP contribution in [0, 0.1) is 10.1 Å². The standard InChI is InChI=1S/C25H18BrNO2/c26-23-17-22(15-16-24(23)27(28)29)25(20-9-5-2-6-10-20)21-13-11-19(12-14-21)18-7-3-1-4-8-18/h1-17,25H. The Bertz CT molecular complexity index is 1130. The Morgan fingerprint density at radius 1 is 0.655 bits per heavy atom. The second-order valence-corrected chi connectivity index (χ2v) is 7.65. The van der Waals surface area contributed by atoms with Crippen molar-refractivity contribution in [3.63, 3.8) is 0 Å². The van der Waals surface area contributed by atoms with Crippen LogP contribution in [0.2, 0.25) is 0 Å². The van der Waals surface area contributed by atoms with Gasteiger partial charge in [-0.2, -0.15) is 0 Å². The number of hydrogen-bond acceptors (Lipinski definition) is 2. The van der Waals surface area contributed by atoms with Gasteiger partial charge in [0.15, 0.2) is 0 Å². The van der Waals surface area contributed by atoms with E-state index in [1.807, 2.05) is 48.5 Å². The Kier molecular flexibility index (Phi) is 5.54. The van der Waals surface area contributed by atoms with Gasteiger partial charge in [-0.3, -0.25) is 10.1 Å². The summed E-state index contributed by atoms with van der Waals surface area (Å²) < 4.78 is 0.488. The van der Waals surface area contributed by atoms with Crippen LogP contribution < -0.4 is 0 Å². The average Bonchev–Trinajstić information content (AvgIpc) is 2.76. The molecule has 1 atom stereocenters. The molecule has 0 saturated heterocycles. The van der Waals surface area contributed by atoms with Crippen molar-refractivity contribution in [2.24, 2.45) is 0 Å². The van der Waals surface area contributed by atoms with Gasteiger partial charge < -0.3 is 0 Å². The van der Waals surface area contributed by atoms with E-state index >= 15 is 0 Å². The van der Waals surface area contributed by atoms with Gasteiger partial charge in [0.1, 0.15) is 0 Å². The Morgan fingerprint density at radius 3 is 1.76 bits per heavy atom. The molecule has 0 aromatic heterocycles. The summed E-state index contributed by atoms with van der Waals surface area (Å²) in [6, 6.07) is 34.2. The van der Waals surface area contributed by atoms with Crippen molar-refractivity contribution >= 4 is 21.6 Å². The Morgan fingerprint density at radius 2 is 1.17 bits per heavy atom. The lowest BCUT2D eigenvalue weighted by Gasteiger charge is -2.19. The second kappa shape index (κ2) is 8.41. The summed E-state index contributed by atoms with van der Waals surface area (Å²) in [6.07, 6.45) is 0. The molecule has 4 heteroatoms. The van der Waals surface area contributed by atoms with Crippen molar-refractivity contribution in [3.05, 3.63) is 134 Å². The van der Waals surface area contributed by atoms with E-state index in [0.717, 1.165) is 22.3 Å². The van der Waals surface area contributed by atoms with Crippen LogP contribution in [0.15, 0.2) is 108 Å². The van der Waals surface area contributed by atoms with Gasteiger partial charge >= 0.3 is 0 Å². The SMILES string of the molecule is O=[N+]([O-])c1ccc(C(c2ccccc2)c2ccc(-c3ccccc3)cc2)cc1Br. The van der Waals surface area contributed by atoms with Gasteiger partial charge in [0.25, 0.3) is 5.69 Å². The summed E-state index contributed by atoms with van der Waals surface area (Å²) in [5, 5.41) is 11.2. The molecule has 0 amide bonds. The highest BCUT2D eigenvalue weighted by Crippen LogP contribution is 2.36. The number of benzene rings is 4. The summed E-state index contributed by atoms with van der Waals surface area (Å²) >= 11 is 3.36. The highest BCUT2D eigenvalue weighted by atomic mass is 79.9. The first kappa shape index (κ1) is 19.1. The molecule has 4 rings (SSSR count). The van der Waals surface area contributed by atoms with E-state index in [1.54, 1.807) is 6.07 Å². The minimum Gasteiger partial charge on any atom is -0.258 e. The molecule has 4 aromatic carbocycles. The van der Waals surface area contributed by atoms with E-state index in [1.165, 1.54) is 5.56 Å². The largest absolute Gasteiger partial charge is 0.283 e. The fourth-order valence-electron chi connectivity index (χ4n) is 3.57. The predicted octanol–water partition coefficient (Wildman–Crippen LogP) is 7.20. The summed E-state index contributed by atoms with van der Waals surface area (Å²) in [5.74, 6) is -0.0156. The first-order chi connectivity index (χ1) is 14.1. The zero-order valence-corrected chi connectivity index (χ0v) is 17.1. The molecular formula is C25H18BrNO2. The molecular weight excluding hydrogens is 426 g/mol. The molecule has 29 heavy (non-hydrogen) atoms. The fourth-order valence-corrected chi connectivity index (χ4v) is 4.11. The number of rotatable bonds is 5. The molecule has 0 N–H and O–H groups in total. The summed E-state index contributed by atoms with van der Waals surface area (Å²) in [7, 11) is 0. The van der Waals surface area contributed by atoms with Gasteiger partial charge in [0, 0.05) is 12.0 Å². The maximum atomic E-state index is 11.2. The van der Waals surface area contributed by atoms with Gasteiger partial charge in [-0.25, -0.2) is 0 Å². The Balaban J connectivity index is 1.78. The van der Waals surface area contributed by atoms with Gasteiger partial charge in [0.05, 0.1) is 9.40 Å². The molecule has 0 aliphatic carbocycles. The quantitative estimate of drug-likeness (QED) is 0.186. The number of nitrogens with zero attached hydrogens (tertiary/aromatic N) is 1. The van der Waals surface area contributed by atoms with E-state index in [9.17, 15) is 10.1 Å². The van der Waals surface area contributed by atoms with Gasteiger partial charge in [0.2, 0.25) is 0 Å². The summed E-state index contributed by atoms with van der Waals surface area (Å²) in [5.41, 5.74) is 5.68. The topological polar surface area (TPSA) is 43.1 Å². The van der Waals surface area contributed by atoms with E-state index < -0.39 is 0 Å². The minimum atomic E-state index is -0.375. The van der Waals surface area contributed by atoms with Crippen LogP contribution in [-0.4, -0.2) is 4.92 Å². The van der Waals surface area contributed by atoms with Gasteiger partial charge in [-0.1, -0.05) is 91.0 Å². The number of hydrogen-bond donors (Lipinski definition) is 0. The highest BCUT2D eigenvalue weighted by Gasteiger charge is 2.20. The van der Waals surface area contributed by atoms with Crippen LogP contribution in [0.1, 0.15) is 22.6 Å². The third-order valence-electron chi connectivity index (χ3n) is 4.99. The number of nitro benzene ring substituents is 1. The third-order valence-corrected chi connectivity index (χ3v) is 5.62. The molecule has 1 unspecified atom stereocenters. The van der Waals surface area contributed by atoms with Crippen molar-refractivity contribution in [1.82, 2.24) is 0 Å². The molecule has 0 aliphatic rings. The number of halogens is 1. The summed E-state index contributed by atoms with van der Waals surface area (Å²) in [4.78, 5) is 10.8. The van der Waals surface area contributed by atoms with Crippen molar-refractivity contribution in [3.8, 4) is 11.1 Å². The lowest BCUT2D eigenvalue weighted by atomic mass is 9.84. The van der Waals surface area contributed by atoms with Gasteiger partial charge in [-0.15, -0.1) is 0 Å². The first-order valence-corrected chi connectivity index (χ1v) is 10.1. The highest BCUT2D eigenvalue weighted by molar-refractivity contribution is 9.10. The van der Waals surface area contributed by atoms with Crippen LogP contribution in [0.5, 0.6) is 0 Å². The van der Waals surface area contributed by atoms with Crippen LogP contribution in [0.4, 0.5) is 5.69 Å². The predicted molar refractivity (Wildman–Crippen MR) is 120 cm³/mol. The third kappa shape index (κ3) is 4.13. The minimum absolute atomic E-state index is 0.0156. The molecule has 0 heterocycles. The zero-order valence-electron chi connectivity index (χ0n) is 15.5. The zero-order chi connectivity index (χ0) is 20.2. The average molecular weight is 444 g/mol. The number of nitro groups is 1. The van der Waals surface area contributed by atoms with Crippen molar-refractivity contribution < 1.29 is 4.92 Å². The molecule has 0 fully saturated rings. The van der Waals surface area contributed by atoms with Crippen molar-refractivity contribution in [2.75, 3.05) is 0 Å². The second-order valence-electron chi connectivity index (χ2n) is 6.80.